The first-order chi connectivity index (χ1) is 13.2. The van der Waals surface area contributed by atoms with E-state index in [-0.39, 0.29) is 17.4 Å². The van der Waals surface area contributed by atoms with Crippen molar-refractivity contribution in [1.29, 1.82) is 0 Å². The quantitative estimate of drug-likeness (QED) is 0.411. The van der Waals surface area contributed by atoms with Crippen LogP contribution < -0.4 is 0 Å². The van der Waals surface area contributed by atoms with Gasteiger partial charge >= 0.3 is 5.97 Å². The van der Waals surface area contributed by atoms with Gasteiger partial charge in [-0.3, -0.25) is 4.79 Å². The summed E-state index contributed by atoms with van der Waals surface area (Å²) in [6, 6.07) is 0. The standard InChI is InChI=1S/C23H34Cl2O3/c1-13(26)17-6-7-18-16-5-4-14-12-15(28-21(27)20(24)25)8-10-22(14,2)19(16)9-11-23(17,18)3/h14-20H,4-12H2,1-3H3/t14-,15+,16?,17+,18?,19?,22-,23+/m0/s1. The molecule has 0 bridgehead atoms. The maximum atomic E-state index is 12.3. The summed E-state index contributed by atoms with van der Waals surface area (Å²) in [6.45, 7) is 6.71. The van der Waals surface area contributed by atoms with Crippen molar-refractivity contribution in [2.24, 2.45) is 40.4 Å². The highest BCUT2D eigenvalue weighted by atomic mass is 35.5. The van der Waals surface area contributed by atoms with E-state index in [4.69, 9.17) is 27.9 Å². The van der Waals surface area contributed by atoms with Gasteiger partial charge < -0.3 is 4.74 Å². The summed E-state index contributed by atoms with van der Waals surface area (Å²) in [5.41, 5.74) is 0.557. The molecule has 28 heavy (non-hydrogen) atoms. The van der Waals surface area contributed by atoms with Gasteiger partial charge in [-0.15, -0.1) is 0 Å². The van der Waals surface area contributed by atoms with Crippen LogP contribution in [0.3, 0.4) is 0 Å². The number of halogens is 2. The molecular formula is C23H34Cl2O3. The number of ether oxygens (including phenoxy) is 1. The van der Waals surface area contributed by atoms with E-state index >= 15 is 0 Å². The SMILES string of the molecule is CC(=O)[C@H]1CCC2C3CC[C@H]4C[C@H](OC(=O)C(Cl)Cl)CC[C@]4(C)C3CC[C@@]21C. The lowest BCUT2D eigenvalue weighted by Crippen LogP contribution is -2.54. The van der Waals surface area contributed by atoms with Crippen LogP contribution in [-0.2, 0) is 14.3 Å². The number of hydrogen-bond donors (Lipinski definition) is 0. The predicted octanol–water partition coefficient (Wildman–Crippen LogP) is 5.95. The summed E-state index contributed by atoms with van der Waals surface area (Å²) in [7, 11) is 0. The fourth-order valence-corrected chi connectivity index (χ4v) is 8.31. The van der Waals surface area contributed by atoms with Crippen LogP contribution in [0.15, 0.2) is 0 Å². The second-order valence-electron chi connectivity index (χ2n) is 10.6. The second-order valence-corrected chi connectivity index (χ2v) is 11.7. The zero-order chi connectivity index (χ0) is 20.3. The van der Waals surface area contributed by atoms with Crippen molar-refractivity contribution in [3.8, 4) is 0 Å². The van der Waals surface area contributed by atoms with E-state index < -0.39 is 10.8 Å². The van der Waals surface area contributed by atoms with Crippen LogP contribution in [0.4, 0.5) is 0 Å². The minimum absolute atomic E-state index is 0.0374. The molecule has 0 heterocycles. The molecule has 4 fully saturated rings. The Balaban J connectivity index is 1.49. The van der Waals surface area contributed by atoms with Crippen molar-refractivity contribution in [1.82, 2.24) is 0 Å². The molecule has 0 amide bonds. The molecule has 4 rings (SSSR count). The minimum atomic E-state index is -1.09. The highest BCUT2D eigenvalue weighted by Gasteiger charge is 2.60. The molecule has 0 N–H and O–H groups in total. The number of esters is 1. The Morgan fingerprint density at radius 1 is 0.929 bits per heavy atom. The highest BCUT2D eigenvalue weighted by molar-refractivity contribution is 6.52. The molecule has 0 radical (unpaired) electrons. The molecule has 8 atom stereocenters. The molecule has 4 aliphatic rings. The molecule has 0 aliphatic heterocycles. The molecule has 4 saturated carbocycles. The number of carbonyl (C=O) groups excluding carboxylic acids is 2. The maximum Gasteiger partial charge on any atom is 0.339 e. The van der Waals surface area contributed by atoms with Crippen molar-refractivity contribution in [3.05, 3.63) is 0 Å². The van der Waals surface area contributed by atoms with E-state index in [9.17, 15) is 9.59 Å². The molecule has 4 aliphatic carbocycles. The van der Waals surface area contributed by atoms with Crippen molar-refractivity contribution in [2.45, 2.75) is 89.5 Å². The fraction of sp³-hybridized carbons (Fsp3) is 0.913. The zero-order valence-electron chi connectivity index (χ0n) is 17.4. The van der Waals surface area contributed by atoms with Crippen LogP contribution >= 0.6 is 23.2 Å². The summed E-state index contributed by atoms with van der Waals surface area (Å²) < 4.78 is 5.57. The normalized spacial score (nSPS) is 47.8. The van der Waals surface area contributed by atoms with E-state index in [0.29, 0.717) is 23.0 Å². The van der Waals surface area contributed by atoms with Gasteiger partial charge in [0.05, 0.1) is 0 Å². The lowest BCUT2D eigenvalue weighted by atomic mass is 9.44. The number of ketones is 1. The Morgan fingerprint density at radius 2 is 1.61 bits per heavy atom. The van der Waals surface area contributed by atoms with Crippen LogP contribution in [-0.4, -0.2) is 22.7 Å². The zero-order valence-corrected chi connectivity index (χ0v) is 18.9. The first-order valence-corrected chi connectivity index (χ1v) is 12.0. The van der Waals surface area contributed by atoms with E-state index in [1.807, 2.05) is 0 Å². The molecular weight excluding hydrogens is 395 g/mol. The van der Waals surface area contributed by atoms with Crippen LogP contribution in [0.2, 0.25) is 0 Å². The van der Waals surface area contributed by atoms with Crippen LogP contribution in [0.1, 0.15) is 78.6 Å². The molecule has 0 aromatic carbocycles. The third-order valence-electron chi connectivity index (χ3n) is 9.57. The van der Waals surface area contributed by atoms with Gasteiger partial charge in [-0.2, -0.15) is 0 Å². The van der Waals surface area contributed by atoms with E-state index in [1.165, 1.54) is 32.1 Å². The Hall–Kier alpha value is -0.280. The number of Topliss-reactive ketones (excluding diaryl/α,β-unsaturated/α-hetero) is 1. The van der Waals surface area contributed by atoms with Crippen molar-refractivity contribution < 1.29 is 14.3 Å². The number of alkyl halides is 2. The highest BCUT2D eigenvalue weighted by Crippen LogP contribution is 2.67. The van der Waals surface area contributed by atoms with Crippen LogP contribution in [0, 0.1) is 40.4 Å². The van der Waals surface area contributed by atoms with Crippen molar-refractivity contribution in [3.63, 3.8) is 0 Å². The third-order valence-corrected chi connectivity index (χ3v) is 9.93. The number of rotatable bonds is 3. The Labute approximate surface area is 179 Å². The third kappa shape index (κ3) is 3.23. The molecule has 5 heteroatoms. The summed E-state index contributed by atoms with van der Waals surface area (Å²) >= 11 is 11.3. The molecule has 3 nitrogen and oxygen atoms in total. The first-order valence-electron chi connectivity index (χ1n) is 11.2. The monoisotopic (exact) mass is 428 g/mol. The van der Waals surface area contributed by atoms with Gasteiger partial charge in [-0.05, 0) is 99.2 Å². The molecule has 3 unspecified atom stereocenters. The maximum absolute atomic E-state index is 12.3. The Kier molecular flexibility index (Phi) is 5.58. The molecule has 158 valence electrons. The topological polar surface area (TPSA) is 43.4 Å². The van der Waals surface area contributed by atoms with Gasteiger partial charge in [0.2, 0.25) is 4.84 Å². The van der Waals surface area contributed by atoms with E-state index in [0.717, 1.165) is 37.5 Å². The number of hydrogen-bond acceptors (Lipinski definition) is 3. The Bertz CT molecular complexity index is 650. The van der Waals surface area contributed by atoms with Gasteiger partial charge in [-0.25, -0.2) is 4.79 Å². The summed E-state index contributed by atoms with van der Waals surface area (Å²) in [6.07, 6.45) is 10.2. The minimum Gasteiger partial charge on any atom is -0.460 e. The predicted molar refractivity (Wildman–Crippen MR) is 111 cm³/mol. The van der Waals surface area contributed by atoms with E-state index in [1.54, 1.807) is 6.92 Å². The molecule has 0 saturated heterocycles. The Morgan fingerprint density at radius 3 is 2.29 bits per heavy atom. The lowest BCUT2D eigenvalue weighted by Gasteiger charge is -2.61. The second kappa shape index (κ2) is 7.45. The van der Waals surface area contributed by atoms with Gasteiger partial charge in [0.15, 0.2) is 0 Å². The average Bonchev–Trinajstić information content (AvgIpc) is 2.99. The number of fused-ring (bicyclic) bond motifs is 5. The van der Waals surface area contributed by atoms with Crippen LogP contribution in [0.5, 0.6) is 0 Å². The average molecular weight is 429 g/mol. The number of carbonyl (C=O) groups is 2. The summed E-state index contributed by atoms with van der Waals surface area (Å²) in [4.78, 5) is 23.0. The molecule has 0 aromatic heterocycles. The van der Waals surface area contributed by atoms with E-state index in [2.05, 4.69) is 13.8 Å². The van der Waals surface area contributed by atoms with Crippen molar-refractivity contribution in [2.75, 3.05) is 0 Å². The summed E-state index contributed by atoms with van der Waals surface area (Å²) in [5.74, 6) is 3.01. The van der Waals surface area contributed by atoms with Gasteiger partial charge in [-0.1, -0.05) is 37.0 Å². The van der Waals surface area contributed by atoms with Gasteiger partial charge in [0.25, 0.3) is 0 Å². The van der Waals surface area contributed by atoms with Crippen LogP contribution in [0.25, 0.3) is 0 Å². The van der Waals surface area contributed by atoms with Crippen molar-refractivity contribution >= 4 is 35.0 Å². The lowest BCUT2D eigenvalue weighted by molar-refractivity contribution is -0.161. The fourth-order valence-electron chi connectivity index (χ4n) is 8.21. The first kappa shape index (κ1) is 21.0. The van der Waals surface area contributed by atoms with Gasteiger partial charge in [0, 0.05) is 5.92 Å². The van der Waals surface area contributed by atoms with Gasteiger partial charge in [0.1, 0.15) is 11.9 Å². The smallest absolute Gasteiger partial charge is 0.339 e. The largest absolute Gasteiger partial charge is 0.460 e. The molecule has 0 aromatic rings. The molecule has 0 spiro atoms. The summed E-state index contributed by atoms with van der Waals surface area (Å²) in [5, 5.41) is 0.